The van der Waals surface area contributed by atoms with E-state index in [0.717, 1.165) is 5.56 Å². The highest BCUT2D eigenvalue weighted by Gasteiger charge is 2.56. The predicted molar refractivity (Wildman–Crippen MR) is 131 cm³/mol. The summed E-state index contributed by atoms with van der Waals surface area (Å²) in [4.78, 5) is 41.9. The molecule has 1 fully saturated rings. The van der Waals surface area contributed by atoms with Crippen LogP contribution < -0.4 is 10.5 Å². The van der Waals surface area contributed by atoms with E-state index in [2.05, 4.69) is 0 Å². The van der Waals surface area contributed by atoms with Crippen molar-refractivity contribution >= 4 is 17.6 Å². The summed E-state index contributed by atoms with van der Waals surface area (Å²) in [6, 6.07) is 23.6. The summed E-state index contributed by atoms with van der Waals surface area (Å²) in [6.07, 6.45) is 0. The fraction of sp³-hybridized carbons (Fsp3) is 0.250. The molecule has 0 spiro atoms. The van der Waals surface area contributed by atoms with Gasteiger partial charge in [-0.3, -0.25) is 14.4 Å². The van der Waals surface area contributed by atoms with Crippen LogP contribution in [0.2, 0.25) is 0 Å². The van der Waals surface area contributed by atoms with Gasteiger partial charge in [-0.15, -0.1) is 0 Å². The van der Waals surface area contributed by atoms with E-state index in [4.69, 9.17) is 15.2 Å². The molecule has 0 radical (unpaired) electrons. The number of hydrogen-bond acceptors (Lipinski definition) is 5. The zero-order valence-electron chi connectivity index (χ0n) is 19.7. The smallest absolute Gasteiger partial charge is 0.249 e. The Kier molecular flexibility index (Phi) is 7.27. The highest BCUT2D eigenvalue weighted by molar-refractivity contribution is 6.01. The summed E-state index contributed by atoms with van der Waals surface area (Å²) in [6.45, 7) is -0.246. The molecule has 1 saturated heterocycles. The number of amides is 2. The Balaban J connectivity index is 1.96. The highest BCUT2D eigenvalue weighted by atomic mass is 16.5. The molecule has 0 saturated carbocycles. The maximum Gasteiger partial charge on any atom is 0.249 e. The molecule has 4 unspecified atom stereocenters. The molecule has 7 nitrogen and oxygen atoms in total. The van der Waals surface area contributed by atoms with Crippen LogP contribution >= 0.6 is 0 Å². The number of Topliss-reactive ketones (excluding diaryl/α,β-unsaturated/α-hetero) is 1. The van der Waals surface area contributed by atoms with Crippen molar-refractivity contribution in [2.45, 2.75) is 18.0 Å². The quantitative estimate of drug-likeness (QED) is 0.507. The number of ketones is 1. The Morgan fingerprint density at radius 1 is 0.829 bits per heavy atom. The summed E-state index contributed by atoms with van der Waals surface area (Å²) < 4.78 is 10.4. The molecule has 180 valence electrons. The number of nitrogens with zero attached hydrogens (tertiary/aromatic N) is 1. The molecular weight excluding hydrogens is 444 g/mol. The number of ether oxygens (including phenoxy) is 2. The van der Waals surface area contributed by atoms with Crippen molar-refractivity contribution in [3.05, 3.63) is 102 Å². The molecule has 1 aliphatic rings. The van der Waals surface area contributed by atoms with E-state index in [0.29, 0.717) is 16.9 Å². The van der Waals surface area contributed by atoms with Gasteiger partial charge >= 0.3 is 0 Å². The zero-order valence-corrected chi connectivity index (χ0v) is 19.7. The third-order valence-corrected chi connectivity index (χ3v) is 6.52. The van der Waals surface area contributed by atoms with Crippen molar-refractivity contribution in [2.24, 2.45) is 11.7 Å². The van der Waals surface area contributed by atoms with Crippen molar-refractivity contribution < 1.29 is 23.9 Å². The van der Waals surface area contributed by atoms with Gasteiger partial charge < -0.3 is 20.1 Å². The fourth-order valence-corrected chi connectivity index (χ4v) is 5.07. The molecule has 2 N–H and O–H groups in total. The Hall–Kier alpha value is -3.97. The first-order chi connectivity index (χ1) is 17.0. The van der Waals surface area contributed by atoms with Gasteiger partial charge in [0, 0.05) is 18.6 Å². The first-order valence-electron chi connectivity index (χ1n) is 11.4. The largest absolute Gasteiger partial charge is 0.497 e. The second-order valence-electron chi connectivity index (χ2n) is 8.49. The summed E-state index contributed by atoms with van der Waals surface area (Å²) >= 11 is 0. The first kappa shape index (κ1) is 24.2. The van der Waals surface area contributed by atoms with E-state index in [9.17, 15) is 14.4 Å². The Labute approximate surface area is 204 Å². The molecule has 3 aromatic carbocycles. The summed E-state index contributed by atoms with van der Waals surface area (Å²) in [5.41, 5.74) is 7.90. The number of primary amides is 1. The number of carbonyl (C=O) groups is 3. The van der Waals surface area contributed by atoms with E-state index in [-0.39, 0.29) is 12.4 Å². The standard InChI is InChI=1S/C28H28N2O5/c1-34-17-22(31)30-25(19-13-15-21(35-2)16-14-19)24(27(32)20-11-7-4-8-12-20)23(26(30)28(29)33)18-9-5-3-6-10-18/h3-16,23-26H,17H2,1-2H3,(H2,29,33). The normalized spacial score (nSPS) is 21.5. The third kappa shape index (κ3) is 4.68. The van der Waals surface area contributed by atoms with Gasteiger partial charge in [-0.25, -0.2) is 0 Å². The van der Waals surface area contributed by atoms with Gasteiger partial charge in [0.25, 0.3) is 0 Å². The molecular formula is C28H28N2O5. The van der Waals surface area contributed by atoms with Crippen LogP contribution in [-0.4, -0.2) is 49.4 Å². The lowest BCUT2D eigenvalue weighted by Gasteiger charge is -2.30. The number of hydrogen-bond donors (Lipinski definition) is 1. The van der Waals surface area contributed by atoms with Gasteiger partial charge in [0.1, 0.15) is 18.4 Å². The molecule has 4 rings (SSSR count). The van der Waals surface area contributed by atoms with Gasteiger partial charge in [0.05, 0.1) is 19.1 Å². The zero-order chi connectivity index (χ0) is 24.9. The maximum absolute atomic E-state index is 14.1. The van der Waals surface area contributed by atoms with Crippen LogP contribution in [0.5, 0.6) is 5.75 Å². The lowest BCUT2D eigenvalue weighted by molar-refractivity contribution is -0.143. The van der Waals surface area contributed by atoms with Crippen LogP contribution in [-0.2, 0) is 14.3 Å². The van der Waals surface area contributed by atoms with Crippen molar-refractivity contribution in [3.63, 3.8) is 0 Å². The van der Waals surface area contributed by atoms with E-state index in [1.54, 1.807) is 43.5 Å². The van der Waals surface area contributed by atoms with Gasteiger partial charge in [0.15, 0.2) is 5.78 Å². The molecule has 2 amide bonds. The van der Waals surface area contributed by atoms with Crippen molar-refractivity contribution in [1.82, 2.24) is 4.90 Å². The first-order valence-corrected chi connectivity index (χ1v) is 11.4. The van der Waals surface area contributed by atoms with Crippen LogP contribution in [0.3, 0.4) is 0 Å². The summed E-state index contributed by atoms with van der Waals surface area (Å²) in [7, 11) is 2.98. The molecule has 7 heteroatoms. The number of nitrogens with two attached hydrogens (primary N) is 1. The van der Waals surface area contributed by atoms with E-state index in [1.165, 1.54) is 12.0 Å². The summed E-state index contributed by atoms with van der Waals surface area (Å²) in [5.74, 6) is -2.02. The summed E-state index contributed by atoms with van der Waals surface area (Å²) in [5, 5.41) is 0. The third-order valence-electron chi connectivity index (χ3n) is 6.52. The Morgan fingerprint density at radius 3 is 1.97 bits per heavy atom. The molecule has 1 aliphatic heterocycles. The minimum atomic E-state index is -1.04. The molecule has 0 bridgehead atoms. The van der Waals surface area contributed by atoms with Gasteiger partial charge in [-0.2, -0.15) is 0 Å². The second-order valence-corrected chi connectivity index (χ2v) is 8.49. The minimum absolute atomic E-state index is 0.167. The second kappa shape index (κ2) is 10.5. The van der Waals surface area contributed by atoms with Crippen LogP contribution in [0, 0.1) is 5.92 Å². The van der Waals surface area contributed by atoms with Gasteiger partial charge in [-0.05, 0) is 23.3 Å². The number of benzene rings is 3. The number of carbonyl (C=O) groups excluding carboxylic acids is 3. The monoisotopic (exact) mass is 472 g/mol. The van der Waals surface area contributed by atoms with Gasteiger partial charge in [-0.1, -0.05) is 72.8 Å². The van der Waals surface area contributed by atoms with Crippen LogP contribution in [0.1, 0.15) is 33.4 Å². The lowest BCUT2D eigenvalue weighted by Crippen LogP contribution is -2.47. The average Bonchev–Trinajstić information content (AvgIpc) is 3.26. The van der Waals surface area contributed by atoms with E-state index < -0.39 is 35.7 Å². The molecule has 4 atom stereocenters. The van der Waals surface area contributed by atoms with Crippen LogP contribution in [0.15, 0.2) is 84.9 Å². The molecule has 35 heavy (non-hydrogen) atoms. The van der Waals surface area contributed by atoms with E-state index in [1.807, 2.05) is 48.5 Å². The number of rotatable bonds is 8. The Morgan fingerprint density at radius 2 is 1.43 bits per heavy atom. The minimum Gasteiger partial charge on any atom is -0.497 e. The van der Waals surface area contributed by atoms with Crippen molar-refractivity contribution in [1.29, 1.82) is 0 Å². The SMILES string of the molecule is COCC(=O)N1C(C(N)=O)C(c2ccccc2)C(C(=O)c2ccccc2)C1c1ccc(OC)cc1. The molecule has 0 aromatic heterocycles. The molecule has 3 aromatic rings. The molecule has 1 heterocycles. The maximum atomic E-state index is 14.1. The van der Waals surface area contributed by atoms with Gasteiger partial charge in [0.2, 0.25) is 11.8 Å². The highest BCUT2D eigenvalue weighted by Crippen LogP contribution is 2.51. The predicted octanol–water partition coefficient (Wildman–Crippen LogP) is 3.36. The van der Waals surface area contributed by atoms with Crippen LogP contribution in [0.25, 0.3) is 0 Å². The topological polar surface area (TPSA) is 98.9 Å². The number of methoxy groups -OCH3 is 2. The average molecular weight is 473 g/mol. The van der Waals surface area contributed by atoms with Crippen molar-refractivity contribution in [3.8, 4) is 5.75 Å². The van der Waals surface area contributed by atoms with Crippen LogP contribution in [0.4, 0.5) is 0 Å². The van der Waals surface area contributed by atoms with E-state index >= 15 is 0 Å². The number of likely N-dealkylation sites (tertiary alicyclic amines) is 1. The lowest BCUT2D eigenvalue weighted by atomic mass is 9.76. The Bertz CT molecular complexity index is 1180. The fourth-order valence-electron chi connectivity index (χ4n) is 5.07. The molecule has 0 aliphatic carbocycles. The van der Waals surface area contributed by atoms with Crippen molar-refractivity contribution in [2.75, 3.05) is 20.8 Å².